The molecule has 12 heavy (non-hydrogen) atoms. The van der Waals surface area contributed by atoms with Gasteiger partial charge in [0.1, 0.15) is 5.78 Å². The zero-order chi connectivity index (χ0) is 8.60. The van der Waals surface area contributed by atoms with Gasteiger partial charge in [-0.3, -0.25) is 4.79 Å². The van der Waals surface area contributed by atoms with Gasteiger partial charge in [0.25, 0.3) is 0 Å². The standard InChI is InChI=1S/C9H15NOS/c1-10-4-3-9(7-10)6-8(11)2-5-12-9/h2-7H2,1H3. The molecule has 2 aliphatic heterocycles. The van der Waals surface area contributed by atoms with Crippen LogP contribution >= 0.6 is 11.8 Å². The summed E-state index contributed by atoms with van der Waals surface area (Å²) in [5.41, 5.74) is 0. The highest BCUT2D eigenvalue weighted by Gasteiger charge is 2.40. The molecule has 0 aromatic rings. The normalized spacial score (nSPS) is 37.9. The monoisotopic (exact) mass is 185 g/mol. The molecule has 2 fully saturated rings. The number of hydrogen-bond donors (Lipinski definition) is 0. The Morgan fingerprint density at radius 2 is 2.42 bits per heavy atom. The quantitative estimate of drug-likeness (QED) is 0.565. The van der Waals surface area contributed by atoms with Crippen molar-refractivity contribution in [2.45, 2.75) is 24.0 Å². The molecule has 1 atom stereocenters. The van der Waals surface area contributed by atoms with E-state index in [2.05, 4.69) is 11.9 Å². The van der Waals surface area contributed by atoms with Crippen LogP contribution in [0.1, 0.15) is 19.3 Å². The second-order valence-corrected chi connectivity index (χ2v) is 5.55. The van der Waals surface area contributed by atoms with Crippen LogP contribution in [0, 0.1) is 0 Å². The van der Waals surface area contributed by atoms with Crippen LogP contribution in [0.25, 0.3) is 0 Å². The predicted octanol–water partition coefficient (Wildman–Crippen LogP) is 1.16. The van der Waals surface area contributed by atoms with Gasteiger partial charge in [0.05, 0.1) is 0 Å². The van der Waals surface area contributed by atoms with E-state index in [1.54, 1.807) is 0 Å². The van der Waals surface area contributed by atoms with Crippen LogP contribution in [0.5, 0.6) is 0 Å². The van der Waals surface area contributed by atoms with Crippen LogP contribution < -0.4 is 0 Å². The molecule has 68 valence electrons. The van der Waals surface area contributed by atoms with E-state index < -0.39 is 0 Å². The highest BCUT2D eigenvalue weighted by atomic mass is 32.2. The maximum absolute atomic E-state index is 11.3. The van der Waals surface area contributed by atoms with Gasteiger partial charge in [-0.05, 0) is 20.0 Å². The number of nitrogens with zero attached hydrogens (tertiary/aromatic N) is 1. The van der Waals surface area contributed by atoms with E-state index in [-0.39, 0.29) is 0 Å². The Hall–Kier alpha value is -0.0200. The lowest BCUT2D eigenvalue weighted by Gasteiger charge is -2.31. The molecule has 2 heterocycles. The van der Waals surface area contributed by atoms with E-state index in [1.165, 1.54) is 13.0 Å². The summed E-state index contributed by atoms with van der Waals surface area (Å²) in [6.45, 7) is 2.28. The first kappa shape index (κ1) is 8.57. The fourth-order valence-corrected chi connectivity index (χ4v) is 3.76. The molecule has 2 aliphatic rings. The number of carbonyl (C=O) groups is 1. The Morgan fingerprint density at radius 3 is 3.00 bits per heavy atom. The fourth-order valence-electron chi connectivity index (χ4n) is 2.19. The van der Waals surface area contributed by atoms with Gasteiger partial charge in [-0.25, -0.2) is 0 Å². The first-order chi connectivity index (χ1) is 5.70. The number of carbonyl (C=O) groups excluding carboxylic acids is 1. The summed E-state index contributed by atoms with van der Waals surface area (Å²) in [6, 6.07) is 0. The Bertz CT molecular complexity index is 203. The van der Waals surface area contributed by atoms with Gasteiger partial charge in [-0.15, -0.1) is 0 Å². The molecule has 2 saturated heterocycles. The SMILES string of the molecule is CN1CCC2(CC(=O)CCS2)C1. The minimum absolute atomic E-state index is 0.310. The maximum atomic E-state index is 11.3. The smallest absolute Gasteiger partial charge is 0.135 e. The van der Waals surface area contributed by atoms with E-state index in [9.17, 15) is 4.79 Å². The molecule has 0 aliphatic carbocycles. The molecule has 0 aromatic heterocycles. The lowest BCUT2D eigenvalue weighted by molar-refractivity contribution is -0.119. The van der Waals surface area contributed by atoms with Crippen molar-refractivity contribution in [3.05, 3.63) is 0 Å². The van der Waals surface area contributed by atoms with E-state index in [1.807, 2.05) is 11.8 Å². The van der Waals surface area contributed by atoms with Crippen LogP contribution in [0.15, 0.2) is 0 Å². The first-order valence-electron chi connectivity index (χ1n) is 4.54. The van der Waals surface area contributed by atoms with Crippen molar-refractivity contribution in [2.24, 2.45) is 0 Å². The number of likely N-dealkylation sites (tertiary alicyclic amines) is 1. The summed E-state index contributed by atoms with van der Waals surface area (Å²) in [6.07, 6.45) is 2.83. The third-order valence-corrected chi connectivity index (χ3v) is 4.31. The highest BCUT2D eigenvalue weighted by molar-refractivity contribution is 8.00. The minimum Gasteiger partial charge on any atom is -0.305 e. The van der Waals surface area contributed by atoms with Gasteiger partial charge in [0, 0.05) is 29.9 Å². The average Bonchev–Trinajstić information content (AvgIpc) is 2.32. The molecule has 0 saturated carbocycles. The zero-order valence-electron chi connectivity index (χ0n) is 7.51. The van der Waals surface area contributed by atoms with Crippen LogP contribution in [0.2, 0.25) is 0 Å². The minimum atomic E-state index is 0.310. The molecule has 1 spiro atoms. The van der Waals surface area contributed by atoms with E-state index in [0.29, 0.717) is 10.5 Å². The number of Topliss-reactive ketones (excluding diaryl/α,β-unsaturated/α-hetero) is 1. The van der Waals surface area contributed by atoms with Gasteiger partial charge in [-0.2, -0.15) is 11.8 Å². The molecular formula is C9H15NOS. The lowest BCUT2D eigenvalue weighted by atomic mass is 9.99. The second-order valence-electron chi connectivity index (χ2n) is 3.98. The van der Waals surface area contributed by atoms with Crippen LogP contribution in [-0.4, -0.2) is 41.3 Å². The Morgan fingerprint density at radius 1 is 1.58 bits per heavy atom. The molecule has 0 aromatic carbocycles. The van der Waals surface area contributed by atoms with Crippen molar-refractivity contribution in [1.29, 1.82) is 0 Å². The van der Waals surface area contributed by atoms with Crippen molar-refractivity contribution in [3.8, 4) is 0 Å². The topological polar surface area (TPSA) is 20.3 Å². The van der Waals surface area contributed by atoms with Crippen LogP contribution in [0.4, 0.5) is 0 Å². The van der Waals surface area contributed by atoms with Gasteiger partial charge in [0.2, 0.25) is 0 Å². The summed E-state index contributed by atoms with van der Waals surface area (Å²) < 4.78 is 0.310. The zero-order valence-corrected chi connectivity index (χ0v) is 8.32. The third-order valence-electron chi connectivity index (χ3n) is 2.82. The molecule has 0 radical (unpaired) electrons. The number of hydrogen-bond acceptors (Lipinski definition) is 3. The molecule has 0 N–H and O–H groups in total. The average molecular weight is 185 g/mol. The van der Waals surface area contributed by atoms with Gasteiger partial charge >= 0.3 is 0 Å². The van der Waals surface area contributed by atoms with E-state index >= 15 is 0 Å². The summed E-state index contributed by atoms with van der Waals surface area (Å²) in [5, 5.41) is 0. The molecule has 1 unspecified atom stereocenters. The van der Waals surface area contributed by atoms with Gasteiger partial charge in [-0.1, -0.05) is 0 Å². The van der Waals surface area contributed by atoms with Crippen molar-refractivity contribution in [2.75, 3.05) is 25.9 Å². The number of rotatable bonds is 0. The summed E-state index contributed by atoms with van der Waals surface area (Å²) >= 11 is 2.02. The van der Waals surface area contributed by atoms with Gasteiger partial charge < -0.3 is 4.90 Å². The molecule has 2 nitrogen and oxygen atoms in total. The molecule has 2 rings (SSSR count). The van der Waals surface area contributed by atoms with E-state index in [4.69, 9.17) is 0 Å². The van der Waals surface area contributed by atoms with Crippen molar-refractivity contribution >= 4 is 17.5 Å². The van der Waals surface area contributed by atoms with Crippen molar-refractivity contribution in [3.63, 3.8) is 0 Å². The van der Waals surface area contributed by atoms with Crippen LogP contribution in [0.3, 0.4) is 0 Å². The Balaban J connectivity index is 2.05. The maximum Gasteiger partial charge on any atom is 0.135 e. The molecule has 3 heteroatoms. The van der Waals surface area contributed by atoms with Crippen molar-refractivity contribution < 1.29 is 4.79 Å². The molecular weight excluding hydrogens is 170 g/mol. The Labute approximate surface area is 77.7 Å². The number of thioether (sulfide) groups is 1. The highest BCUT2D eigenvalue weighted by Crippen LogP contribution is 2.41. The largest absolute Gasteiger partial charge is 0.305 e. The summed E-state index contributed by atoms with van der Waals surface area (Å²) in [5.74, 6) is 1.52. The number of ketones is 1. The van der Waals surface area contributed by atoms with E-state index in [0.717, 1.165) is 25.1 Å². The van der Waals surface area contributed by atoms with Crippen molar-refractivity contribution in [1.82, 2.24) is 4.90 Å². The fraction of sp³-hybridized carbons (Fsp3) is 0.889. The molecule has 0 bridgehead atoms. The predicted molar refractivity (Wildman–Crippen MR) is 51.5 cm³/mol. The molecule has 0 amide bonds. The summed E-state index contributed by atoms with van der Waals surface area (Å²) in [7, 11) is 2.15. The first-order valence-corrected chi connectivity index (χ1v) is 5.53. The lowest BCUT2D eigenvalue weighted by Crippen LogP contribution is -2.35. The van der Waals surface area contributed by atoms with Crippen LogP contribution in [-0.2, 0) is 4.79 Å². The Kier molecular flexibility index (Phi) is 2.17. The summed E-state index contributed by atoms with van der Waals surface area (Å²) in [4.78, 5) is 13.6. The van der Waals surface area contributed by atoms with Gasteiger partial charge in [0.15, 0.2) is 0 Å². The second kappa shape index (κ2) is 3.04. The third kappa shape index (κ3) is 1.52.